The molecule has 2 fully saturated rings. The van der Waals surface area contributed by atoms with E-state index in [1.54, 1.807) is 0 Å². The van der Waals surface area contributed by atoms with Crippen LogP contribution in [0.3, 0.4) is 0 Å². The maximum absolute atomic E-state index is 5.76. The summed E-state index contributed by atoms with van der Waals surface area (Å²) in [6.07, 6.45) is 2.18. The minimum atomic E-state index is 0. The van der Waals surface area contributed by atoms with Crippen molar-refractivity contribution in [2.45, 2.75) is 32.7 Å². The minimum Gasteiger partial charge on any atom is -0.493 e. The average Bonchev–Trinajstić information content (AvgIpc) is 3.21. The van der Waals surface area contributed by atoms with Crippen molar-refractivity contribution in [3.8, 4) is 5.75 Å². The highest BCUT2D eigenvalue weighted by Gasteiger charge is 2.30. The van der Waals surface area contributed by atoms with E-state index in [2.05, 4.69) is 58.2 Å². The van der Waals surface area contributed by atoms with Gasteiger partial charge in [0, 0.05) is 45.8 Å². The van der Waals surface area contributed by atoms with Crippen LogP contribution >= 0.6 is 24.0 Å². The van der Waals surface area contributed by atoms with Crippen molar-refractivity contribution in [2.75, 3.05) is 59.6 Å². The summed E-state index contributed by atoms with van der Waals surface area (Å²) in [6.45, 7) is 12.0. The largest absolute Gasteiger partial charge is 0.493 e. The van der Waals surface area contributed by atoms with Gasteiger partial charge in [-0.2, -0.15) is 0 Å². The van der Waals surface area contributed by atoms with Crippen LogP contribution in [-0.2, 0) is 11.2 Å². The number of likely N-dealkylation sites (tertiary alicyclic amines) is 1. The summed E-state index contributed by atoms with van der Waals surface area (Å²) in [4.78, 5) is 9.46. The number of morpholine rings is 1. The van der Waals surface area contributed by atoms with Crippen LogP contribution in [0.1, 0.15) is 25.8 Å². The van der Waals surface area contributed by atoms with Gasteiger partial charge in [-0.3, -0.25) is 9.89 Å². The van der Waals surface area contributed by atoms with E-state index in [1.165, 1.54) is 12.0 Å². The topological polar surface area (TPSA) is 49.3 Å². The molecule has 2 saturated heterocycles. The highest BCUT2D eigenvalue weighted by atomic mass is 127. The van der Waals surface area contributed by atoms with Gasteiger partial charge in [-0.15, -0.1) is 24.0 Å². The van der Waals surface area contributed by atoms with Crippen molar-refractivity contribution >= 4 is 29.9 Å². The van der Waals surface area contributed by atoms with E-state index >= 15 is 0 Å². The number of benzene rings is 1. The van der Waals surface area contributed by atoms with Crippen molar-refractivity contribution in [3.05, 3.63) is 29.8 Å². The molecular formula is C22H37IN4O2. The molecule has 0 amide bonds. The fraction of sp³-hybridized carbons (Fsp3) is 0.682. The highest BCUT2D eigenvalue weighted by Crippen LogP contribution is 2.17. The molecule has 0 aromatic heterocycles. The molecule has 2 aliphatic heterocycles. The Morgan fingerprint density at radius 1 is 1.21 bits per heavy atom. The monoisotopic (exact) mass is 516 g/mol. The van der Waals surface area contributed by atoms with Crippen molar-refractivity contribution in [1.29, 1.82) is 0 Å². The number of guanidine groups is 1. The normalized spacial score (nSPS) is 20.6. The van der Waals surface area contributed by atoms with Gasteiger partial charge in [-0.05, 0) is 36.5 Å². The van der Waals surface area contributed by atoms with E-state index < -0.39 is 0 Å². The van der Waals surface area contributed by atoms with Gasteiger partial charge in [0.2, 0.25) is 0 Å². The molecule has 1 N–H and O–H groups in total. The molecule has 0 radical (unpaired) electrons. The summed E-state index contributed by atoms with van der Waals surface area (Å²) in [5.41, 5.74) is 1.31. The molecule has 1 unspecified atom stereocenters. The quantitative estimate of drug-likeness (QED) is 0.343. The third-order valence-electron chi connectivity index (χ3n) is 5.44. The molecule has 6 nitrogen and oxygen atoms in total. The lowest BCUT2D eigenvalue weighted by Crippen LogP contribution is -2.46. The van der Waals surface area contributed by atoms with Gasteiger partial charge in [-0.25, -0.2) is 0 Å². The summed E-state index contributed by atoms with van der Waals surface area (Å²) < 4.78 is 11.2. The Morgan fingerprint density at radius 3 is 2.59 bits per heavy atom. The molecule has 0 spiro atoms. The Balaban J connectivity index is 0.00000300. The van der Waals surface area contributed by atoms with E-state index in [-0.39, 0.29) is 24.0 Å². The smallest absolute Gasteiger partial charge is 0.193 e. The molecule has 1 aromatic rings. The van der Waals surface area contributed by atoms with Crippen molar-refractivity contribution in [3.63, 3.8) is 0 Å². The maximum atomic E-state index is 5.76. The number of nitrogens with one attached hydrogen (secondary N) is 1. The van der Waals surface area contributed by atoms with Crippen LogP contribution in [0.15, 0.2) is 29.3 Å². The molecule has 2 heterocycles. The van der Waals surface area contributed by atoms with Gasteiger partial charge in [0.1, 0.15) is 5.75 Å². The second-order valence-corrected chi connectivity index (χ2v) is 8.11. The van der Waals surface area contributed by atoms with Gasteiger partial charge in [0.25, 0.3) is 0 Å². The molecule has 1 atom stereocenters. The standard InChI is InChI=1S/C22H36N4O2.HI/c1-18(2)17-28-21-6-4-19(5-7-21)8-10-24-22(23-3)26-11-9-20(16-26)25-12-14-27-15-13-25;/h4-7,18,20H,8-17H2,1-3H3,(H,23,24);1H. The van der Waals surface area contributed by atoms with Gasteiger partial charge < -0.3 is 19.7 Å². The zero-order valence-corrected chi connectivity index (χ0v) is 20.4. The maximum Gasteiger partial charge on any atom is 0.193 e. The van der Waals surface area contributed by atoms with E-state index in [9.17, 15) is 0 Å². The number of aliphatic imine (C=N–C) groups is 1. The summed E-state index contributed by atoms with van der Waals surface area (Å²) >= 11 is 0. The van der Waals surface area contributed by atoms with Crippen molar-refractivity contribution in [2.24, 2.45) is 10.9 Å². The van der Waals surface area contributed by atoms with E-state index in [0.29, 0.717) is 12.0 Å². The first-order chi connectivity index (χ1) is 13.7. The summed E-state index contributed by atoms with van der Waals surface area (Å²) in [7, 11) is 1.88. The number of halogens is 1. The van der Waals surface area contributed by atoms with Crippen LogP contribution in [0.25, 0.3) is 0 Å². The molecule has 0 saturated carbocycles. The Hall–Kier alpha value is -1.06. The number of hydrogen-bond acceptors (Lipinski definition) is 4. The fourth-order valence-electron chi connectivity index (χ4n) is 3.84. The summed E-state index contributed by atoms with van der Waals surface area (Å²) in [5.74, 6) is 2.52. The van der Waals surface area contributed by atoms with Crippen molar-refractivity contribution < 1.29 is 9.47 Å². The summed E-state index contributed by atoms with van der Waals surface area (Å²) in [6, 6.07) is 9.08. The first kappa shape index (κ1) is 24.2. The van der Waals surface area contributed by atoms with Gasteiger partial charge in [0.15, 0.2) is 5.96 Å². The molecule has 1 aromatic carbocycles. The Labute approximate surface area is 193 Å². The molecule has 3 rings (SSSR count). The molecule has 7 heteroatoms. The lowest BCUT2D eigenvalue weighted by molar-refractivity contribution is 0.0195. The summed E-state index contributed by atoms with van der Waals surface area (Å²) in [5, 5.41) is 3.54. The molecule has 0 bridgehead atoms. The van der Waals surface area contributed by atoms with Crippen LogP contribution in [0.4, 0.5) is 0 Å². The number of nitrogens with zero attached hydrogens (tertiary/aromatic N) is 3. The average molecular weight is 516 g/mol. The molecule has 164 valence electrons. The van der Waals surface area contributed by atoms with Crippen LogP contribution in [0, 0.1) is 5.92 Å². The predicted molar refractivity (Wildman–Crippen MR) is 130 cm³/mol. The first-order valence-electron chi connectivity index (χ1n) is 10.6. The van der Waals surface area contributed by atoms with Crippen molar-refractivity contribution in [1.82, 2.24) is 15.1 Å². The number of ether oxygens (including phenoxy) is 2. The molecule has 2 aliphatic rings. The predicted octanol–water partition coefficient (Wildman–Crippen LogP) is 2.86. The first-order valence-corrected chi connectivity index (χ1v) is 10.6. The van der Waals surface area contributed by atoms with E-state index in [0.717, 1.165) is 70.7 Å². The van der Waals surface area contributed by atoms with Gasteiger partial charge in [0.05, 0.1) is 19.8 Å². The van der Waals surface area contributed by atoms with E-state index in [4.69, 9.17) is 9.47 Å². The second-order valence-electron chi connectivity index (χ2n) is 8.11. The van der Waals surface area contributed by atoms with Crippen LogP contribution < -0.4 is 10.1 Å². The molecule has 0 aliphatic carbocycles. The minimum absolute atomic E-state index is 0. The van der Waals surface area contributed by atoms with Gasteiger partial charge >= 0.3 is 0 Å². The third kappa shape index (κ3) is 7.61. The van der Waals surface area contributed by atoms with Gasteiger partial charge in [-0.1, -0.05) is 26.0 Å². The number of rotatable bonds is 7. The van der Waals surface area contributed by atoms with Crippen LogP contribution in [0.5, 0.6) is 5.75 Å². The number of hydrogen-bond donors (Lipinski definition) is 1. The SMILES string of the molecule is CN=C(NCCc1ccc(OCC(C)C)cc1)N1CCC(N2CCOCC2)C1.I. The Bertz CT molecular complexity index is 618. The van der Waals surface area contributed by atoms with Crippen LogP contribution in [0.2, 0.25) is 0 Å². The zero-order chi connectivity index (χ0) is 19.8. The molecular weight excluding hydrogens is 479 g/mol. The third-order valence-corrected chi connectivity index (χ3v) is 5.44. The lowest BCUT2D eigenvalue weighted by atomic mass is 10.1. The fourth-order valence-corrected chi connectivity index (χ4v) is 3.84. The highest BCUT2D eigenvalue weighted by molar-refractivity contribution is 14.0. The zero-order valence-electron chi connectivity index (χ0n) is 18.1. The van der Waals surface area contributed by atoms with Crippen LogP contribution in [-0.4, -0.2) is 81.4 Å². The molecule has 29 heavy (non-hydrogen) atoms. The Morgan fingerprint density at radius 2 is 1.93 bits per heavy atom. The van der Waals surface area contributed by atoms with E-state index in [1.807, 2.05) is 7.05 Å². The second kappa shape index (κ2) is 12.6. The lowest BCUT2D eigenvalue weighted by Gasteiger charge is -2.32. The Kier molecular flexibility index (Phi) is 10.5.